The lowest BCUT2D eigenvalue weighted by Crippen LogP contribution is -2.55. The molecule has 222 valence electrons. The first kappa shape index (κ1) is 28.2. The van der Waals surface area contributed by atoms with E-state index in [1.54, 1.807) is 10.8 Å². The molecular weight excluding hydrogens is 525 g/mol. The standard InChI is InChI=1S/C28H41F3N6O3/c1-18-6-21(27(15-39-16-27)10-25-33-32-17-34(25)3)9-22(7-18)36-14-24-23(28(29,30)31)8-20(13-37(24)26(36)38)12-35-4-5-40-19(2)11-35/h8,13-14,18-19,21-22,25,32-33H,4-7,9-12,15-17H2,1-3H3/t18?,19-,21?,22?,25?/m1/s1. The number of aromatic nitrogens is 2. The Kier molecular flexibility index (Phi) is 7.54. The van der Waals surface area contributed by atoms with E-state index in [1.807, 2.05) is 6.92 Å². The second-order valence-electron chi connectivity index (χ2n) is 12.7. The third-order valence-corrected chi connectivity index (χ3v) is 9.57. The predicted octanol–water partition coefficient (Wildman–Crippen LogP) is 3.05. The van der Waals surface area contributed by atoms with Crippen LogP contribution in [0.15, 0.2) is 23.3 Å². The summed E-state index contributed by atoms with van der Waals surface area (Å²) in [6.07, 6.45) is 2.19. The van der Waals surface area contributed by atoms with Crippen molar-refractivity contribution in [3.05, 3.63) is 40.1 Å². The van der Waals surface area contributed by atoms with Crippen LogP contribution < -0.4 is 16.5 Å². The number of halogens is 3. The van der Waals surface area contributed by atoms with Gasteiger partial charge in [0.1, 0.15) is 0 Å². The Hall–Kier alpha value is -1.96. The first-order valence-electron chi connectivity index (χ1n) is 14.5. The topological polar surface area (TPSA) is 75.4 Å². The predicted molar refractivity (Wildman–Crippen MR) is 143 cm³/mol. The highest BCUT2D eigenvalue weighted by molar-refractivity contribution is 5.56. The fourth-order valence-corrected chi connectivity index (χ4v) is 7.41. The van der Waals surface area contributed by atoms with E-state index in [0.29, 0.717) is 56.9 Å². The second kappa shape index (κ2) is 10.7. The minimum Gasteiger partial charge on any atom is -0.380 e. The van der Waals surface area contributed by atoms with Crippen LogP contribution in [-0.2, 0) is 22.2 Å². The number of rotatable bonds is 6. The molecule has 2 aromatic heterocycles. The summed E-state index contributed by atoms with van der Waals surface area (Å²) in [6.45, 7) is 8.45. The average Bonchev–Trinajstić information content (AvgIpc) is 3.42. The fourth-order valence-electron chi connectivity index (χ4n) is 7.41. The number of alkyl halides is 3. The first-order chi connectivity index (χ1) is 19.0. The molecule has 3 saturated heterocycles. The molecule has 0 aromatic carbocycles. The van der Waals surface area contributed by atoms with Gasteiger partial charge in [-0.15, -0.1) is 0 Å². The maximum Gasteiger partial charge on any atom is 0.418 e. The van der Waals surface area contributed by atoms with Crippen molar-refractivity contribution in [1.29, 1.82) is 0 Å². The average molecular weight is 567 g/mol. The SMILES string of the molecule is CC1CC(n2cc3c(C(F)(F)F)cc(CN4CCO[C@H](C)C4)cn3c2=O)CC(C2(CC3NNCN3C)COC2)C1. The van der Waals surface area contributed by atoms with Crippen LogP contribution in [0.25, 0.3) is 5.52 Å². The molecule has 12 heteroatoms. The van der Waals surface area contributed by atoms with Crippen molar-refractivity contribution in [3.63, 3.8) is 0 Å². The molecule has 0 bridgehead atoms. The molecule has 1 aliphatic carbocycles. The van der Waals surface area contributed by atoms with Crippen LogP contribution in [-0.4, -0.2) is 77.7 Å². The molecule has 4 fully saturated rings. The van der Waals surface area contributed by atoms with Crippen LogP contribution in [0.1, 0.15) is 56.7 Å². The van der Waals surface area contributed by atoms with E-state index in [2.05, 4.69) is 34.6 Å². The molecule has 3 aliphatic heterocycles. The zero-order valence-corrected chi connectivity index (χ0v) is 23.5. The van der Waals surface area contributed by atoms with Crippen LogP contribution in [0.2, 0.25) is 0 Å². The van der Waals surface area contributed by atoms with Gasteiger partial charge >= 0.3 is 11.9 Å². The minimum atomic E-state index is -4.57. The molecule has 1 saturated carbocycles. The molecule has 0 amide bonds. The van der Waals surface area contributed by atoms with E-state index >= 15 is 0 Å². The van der Waals surface area contributed by atoms with E-state index in [4.69, 9.17) is 9.47 Å². The molecule has 40 heavy (non-hydrogen) atoms. The van der Waals surface area contributed by atoms with Gasteiger partial charge in [0.15, 0.2) is 0 Å². The van der Waals surface area contributed by atoms with Gasteiger partial charge in [-0.2, -0.15) is 13.2 Å². The van der Waals surface area contributed by atoms with Crippen molar-refractivity contribution in [2.24, 2.45) is 17.3 Å². The van der Waals surface area contributed by atoms with Crippen molar-refractivity contribution in [2.75, 3.05) is 46.6 Å². The number of ether oxygens (including phenoxy) is 2. The Balaban J connectivity index is 1.31. The van der Waals surface area contributed by atoms with Gasteiger partial charge in [0.25, 0.3) is 0 Å². The summed E-state index contributed by atoms with van der Waals surface area (Å²) in [6, 6.07) is 1.06. The quantitative estimate of drug-likeness (QED) is 0.557. The molecule has 4 unspecified atom stereocenters. The van der Waals surface area contributed by atoms with E-state index in [9.17, 15) is 18.0 Å². The van der Waals surface area contributed by atoms with Crippen molar-refractivity contribution < 1.29 is 22.6 Å². The lowest BCUT2D eigenvalue weighted by Gasteiger charge is -2.52. The van der Waals surface area contributed by atoms with Crippen molar-refractivity contribution in [2.45, 2.75) is 70.6 Å². The Morgan fingerprint density at radius 2 is 1.95 bits per heavy atom. The van der Waals surface area contributed by atoms with E-state index in [1.165, 1.54) is 16.7 Å². The van der Waals surface area contributed by atoms with Crippen LogP contribution in [0.5, 0.6) is 0 Å². The smallest absolute Gasteiger partial charge is 0.380 e. The number of fused-ring (bicyclic) bond motifs is 1. The van der Waals surface area contributed by atoms with Crippen LogP contribution in [0, 0.1) is 17.3 Å². The fraction of sp³-hybridized carbons (Fsp3) is 0.750. The normalized spacial score (nSPS) is 32.0. The summed E-state index contributed by atoms with van der Waals surface area (Å²) in [5, 5.41) is 0. The summed E-state index contributed by atoms with van der Waals surface area (Å²) in [7, 11) is 2.08. The summed E-state index contributed by atoms with van der Waals surface area (Å²) in [5.41, 5.74) is 5.80. The summed E-state index contributed by atoms with van der Waals surface area (Å²) >= 11 is 0. The molecule has 2 N–H and O–H groups in total. The summed E-state index contributed by atoms with van der Waals surface area (Å²) in [4.78, 5) is 18.1. The molecule has 9 nitrogen and oxygen atoms in total. The number of hydrogen-bond donors (Lipinski definition) is 2. The molecule has 5 heterocycles. The second-order valence-corrected chi connectivity index (χ2v) is 12.7. The van der Waals surface area contributed by atoms with Crippen molar-refractivity contribution >= 4 is 5.52 Å². The van der Waals surface area contributed by atoms with Gasteiger partial charge in [-0.25, -0.2) is 15.6 Å². The van der Waals surface area contributed by atoms with Gasteiger partial charge in [-0.05, 0) is 63.1 Å². The minimum absolute atomic E-state index is 0.00671. The monoisotopic (exact) mass is 566 g/mol. The molecule has 6 rings (SSSR count). The number of hydrazine groups is 1. The highest BCUT2D eigenvalue weighted by atomic mass is 19.4. The zero-order chi connectivity index (χ0) is 28.2. The van der Waals surface area contributed by atoms with Gasteiger partial charge in [0, 0.05) is 43.5 Å². The number of morpholine rings is 1. The van der Waals surface area contributed by atoms with E-state index in [-0.39, 0.29) is 29.2 Å². The molecule has 0 radical (unpaired) electrons. The molecular formula is C28H41F3N6O3. The lowest BCUT2D eigenvalue weighted by molar-refractivity contribution is -0.170. The largest absolute Gasteiger partial charge is 0.418 e. The Labute approximate surface area is 232 Å². The number of hydrogen-bond acceptors (Lipinski definition) is 7. The highest BCUT2D eigenvalue weighted by Crippen LogP contribution is 2.51. The highest BCUT2D eigenvalue weighted by Gasteiger charge is 2.50. The zero-order valence-electron chi connectivity index (χ0n) is 23.5. The van der Waals surface area contributed by atoms with E-state index < -0.39 is 17.4 Å². The number of nitrogens with one attached hydrogen (secondary N) is 2. The van der Waals surface area contributed by atoms with Gasteiger partial charge < -0.3 is 9.47 Å². The summed E-state index contributed by atoms with van der Waals surface area (Å²) < 4.78 is 57.0. The Bertz CT molecular complexity index is 1270. The van der Waals surface area contributed by atoms with E-state index in [0.717, 1.165) is 32.4 Å². The maximum atomic E-state index is 14.3. The molecule has 5 atom stereocenters. The van der Waals surface area contributed by atoms with Crippen molar-refractivity contribution in [1.82, 2.24) is 29.6 Å². The van der Waals surface area contributed by atoms with Crippen LogP contribution >= 0.6 is 0 Å². The van der Waals surface area contributed by atoms with Crippen molar-refractivity contribution in [3.8, 4) is 0 Å². The summed E-state index contributed by atoms with van der Waals surface area (Å²) in [5.74, 6) is 0.672. The van der Waals surface area contributed by atoms with Gasteiger partial charge in [-0.1, -0.05) is 6.92 Å². The molecule has 0 spiro atoms. The lowest BCUT2D eigenvalue weighted by atomic mass is 9.62. The maximum absolute atomic E-state index is 14.3. The molecule has 2 aromatic rings. The third-order valence-electron chi connectivity index (χ3n) is 9.57. The number of nitrogens with zero attached hydrogens (tertiary/aromatic N) is 4. The third kappa shape index (κ3) is 5.34. The Morgan fingerprint density at radius 3 is 2.60 bits per heavy atom. The number of pyridine rings is 1. The first-order valence-corrected chi connectivity index (χ1v) is 14.5. The van der Waals surface area contributed by atoms with Gasteiger partial charge in [0.05, 0.1) is 49.8 Å². The molecule has 4 aliphatic rings. The number of imidazole rings is 1. The van der Waals surface area contributed by atoms with Crippen LogP contribution in [0.3, 0.4) is 0 Å². The van der Waals surface area contributed by atoms with Gasteiger partial charge in [0.2, 0.25) is 0 Å². The van der Waals surface area contributed by atoms with Crippen LogP contribution in [0.4, 0.5) is 13.2 Å². The van der Waals surface area contributed by atoms with Gasteiger partial charge in [-0.3, -0.25) is 18.8 Å². The Morgan fingerprint density at radius 1 is 1.15 bits per heavy atom.